The van der Waals surface area contributed by atoms with Gasteiger partial charge in [-0.15, -0.1) is 0 Å². The number of benzene rings is 2. The van der Waals surface area contributed by atoms with Crippen molar-refractivity contribution in [2.45, 2.75) is 27.0 Å². The smallest absolute Gasteiger partial charge is 0.297 e. The molecule has 0 atom stereocenters. The number of ether oxygens (including phenoxy) is 1. The molecule has 126 valence electrons. The van der Waals surface area contributed by atoms with E-state index in [1.807, 2.05) is 42.6 Å². The van der Waals surface area contributed by atoms with Gasteiger partial charge in [0, 0.05) is 11.9 Å². The van der Waals surface area contributed by atoms with Gasteiger partial charge in [-0.2, -0.15) is 4.98 Å². The number of aromatic nitrogens is 3. The van der Waals surface area contributed by atoms with E-state index in [-0.39, 0.29) is 0 Å². The van der Waals surface area contributed by atoms with E-state index >= 15 is 0 Å². The molecule has 2 heterocycles. The largest absolute Gasteiger partial charge is 0.460 e. The van der Waals surface area contributed by atoms with Gasteiger partial charge in [-0.05, 0) is 17.5 Å². The summed E-state index contributed by atoms with van der Waals surface area (Å²) >= 11 is 0. The van der Waals surface area contributed by atoms with Crippen molar-refractivity contribution in [3.63, 3.8) is 0 Å². The Morgan fingerprint density at radius 2 is 1.72 bits per heavy atom. The van der Waals surface area contributed by atoms with E-state index in [1.54, 1.807) is 0 Å². The van der Waals surface area contributed by atoms with Gasteiger partial charge in [-0.25, -0.2) is 0 Å². The van der Waals surface area contributed by atoms with E-state index in [2.05, 4.69) is 41.6 Å². The number of pyridine rings is 1. The highest BCUT2D eigenvalue weighted by Crippen LogP contribution is 2.29. The number of para-hydroxylation sites is 1. The van der Waals surface area contributed by atoms with Gasteiger partial charge >= 0.3 is 0 Å². The van der Waals surface area contributed by atoms with Crippen LogP contribution in [0.3, 0.4) is 0 Å². The van der Waals surface area contributed by atoms with Crippen molar-refractivity contribution in [1.29, 1.82) is 0 Å². The number of imidazole rings is 1. The first kappa shape index (κ1) is 15.6. The highest BCUT2D eigenvalue weighted by molar-refractivity contribution is 6.02. The molecular weight excluding hydrogens is 310 g/mol. The van der Waals surface area contributed by atoms with Crippen LogP contribution in [-0.2, 0) is 13.2 Å². The van der Waals surface area contributed by atoms with Crippen molar-refractivity contribution < 1.29 is 4.74 Å². The van der Waals surface area contributed by atoms with Gasteiger partial charge in [-0.3, -0.25) is 9.55 Å². The minimum absolute atomic E-state index is 0.489. The minimum Gasteiger partial charge on any atom is -0.460 e. The average Bonchev–Trinajstić information content (AvgIpc) is 2.98. The van der Waals surface area contributed by atoms with Crippen LogP contribution in [0, 0.1) is 5.92 Å². The molecule has 0 bridgehead atoms. The molecule has 0 saturated heterocycles. The highest BCUT2D eigenvalue weighted by Gasteiger charge is 2.16. The van der Waals surface area contributed by atoms with Crippen LogP contribution in [0.4, 0.5) is 0 Å². The molecule has 0 spiro atoms. The van der Waals surface area contributed by atoms with Crippen LogP contribution >= 0.6 is 0 Å². The van der Waals surface area contributed by atoms with E-state index in [4.69, 9.17) is 9.72 Å². The third-order valence-corrected chi connectivity index (χ3v) is 4.20. The molecule has 0 amide bonds. The summed E-state index contributed by atoms with van der Waals surface area (Å²) in [7, 11) is 0. The van der Waals surface area contributed by atoms with Gasteiger partial charge in [0.05, 0.1) is 17.2 Å². The number of hydrogen-bond acceptors (Lipinski definition) is 3. The lowest BCUT2D eigenvalue weighted by atomic mass is 10.2. The monoisotopic (exact) mass is 331 g/mol. The average molecular weight is 331 g/mol. The molecule has 4 aromatic rings. The maximum atomic E-state index is 6.08. The topological polar surface area (TPSA) is 39.9 Å². The first-order chi connectivity index (χ1) is 12.2. The predicted octanol–water partition coefficient (Wildman–Crippen LogP) is 4.82. The van der Waals surface area contributed by atoms with Gasteiger partial charge in [0.15, 0.2) is 0 Å². The van der Waals surface area contributed by atoms with Crippen LogP contribution in [0.2, 0.25) is 0 Å². The van der Waals surface area contributed by atoms with Gasteiger partial charge < -0.3 is 4.74 Å². The first-order valence-corrected chi connectivity index (χ1v) is 8.63. The molecule has 0 radical (unpaired) electrons. The predicted molar refractivity (Wildman–Crippen MR) is 101 cm³/mol. The molecule has 2 aromatic heterocycles. The molecule has 0 aliphatic rings. The van der Waals surface area contributed by atoms with Crippen LogP contribution in [0.25, 0.3) is 21.9 Å². The van der Waals surface area contributed by atoms with Crippen LogP contribution in [0.1, 0.15) is 19.4 Å². The van der Waals surface area contributed by atoms with Crippen LogP contribution in [-0.4, -0.2) is 14.5 Å². The normalized spacial score (nSPS) is 11.5. The van der Waals surface area contributed by atoms with Crippen molar-refractivity contribution in [1.82, 2.24) is 14.5 Å². The quantitative estimate of drug-likeness (QED) is 0.526. The van der Waals surface area contributed by atoms with E-state index in [9.17, 15) is 0 Å². The summed E-state index contributed by atoms with van der Waals surface area (Å²) in [4.78, 5) is 9.24. The molecule has 0 aliphatic carbocycles. The van der Waals surface area contributed by atoms with Gasteiger partial charge in [0.2, 0.25) is 0 Å². The fraction of sp³-hybridized carbons (Fsp3) is 0.238. The Labute approximate surface area is 147 Å². The van der Waals surface area contributed by atoms with E-state index in [0.717, 1.165) is 34.0 Å². The summed E-state index contributed by atoms with van der Waals surface area (Å²) in [6.45, 7) is 5.77. The van der Waals surface area contributed by atoms with Gasteiger partial charge in [0.1, 0.15) is 12.1 Å². The van der Waals surface area contributed by atoms with Crippen molar-refractivity contribution >= 4 is 21.9 Å². The first-order valence-electron chi connectivity index (χ1n) is 8.63. The molecule has 0 saturated carbocycles. The number of hydrogen-bond donors (Lipinski definition) is 0. The van der Waals surface area contributed by atoms with E-state index in [0.29, 0.717) is 18.5 Å². The molecule has 4 rings (SSSR count). The maximum Gasteiger partial charge on any atom is 0.297 e. The fourth-order valence-corrected chi connectivity index (χ4v) is 3.11. The summed E-state index contributed by atoms with van der Waals surface area (Å²) in [5, 5.41) is 1.11. The van der Waals surface area contributed by atoms with Crippen LogP contribution in [0.15, 0.2) is 60.8 Å². The third kappa shape index (κ3) is 3.07. The second-order valence-electron chi connectivity index (χ2n) is 6.68. The Morgan fingerprint density at radius 1 is 0.960 bits per heavy atom. The molecule has 0 unspecified atom stereocenters. The van der Waals surface area contributed by atoms with Crippen molar-refractivity contribution in [3.05, 3.63) is 66.4 Å². The Hall–Kier alpha value is -2.88. The SMILES string of the molecule is CC(C)Cn1c(OCc2ccccc2)nc2cnc3ccccc3c21. The number of rotatable bonds is 5. The van der Waals surface area contributed by atoms with E-state index < -0.39 is 0 Å². The summed E-state index contributed by atoms with van der Waals surface area (Å²) in [6, 6.07) is 19.0. The summed E-state index contributed by atoms with van der Waals surface area (Å²) in [5.74, 6) is 0.489. The number of fused-ring (bicyclic) bond motifs is 3. The van der Waals surface area contributed by atoms with Crippen molar-refractivity contribution in [3.8, 4) is 6.01 Å². The second-order valence-corrected chi connectivity index (χ2v) is 6.68. The lowest BCUT2D eigenvalue weighted by Gasteiger charge is -2.13. The van der Waals surface area contributed by atoms with E-state index in [1.165, 1.54) is 0 Å². The van der Waals surface area contributed by atoms with Crippen molar-refractivity contribution in [2.75, 3.05) is 0 Å². The Balaban J connectivity index is 1.81. The Kier molecular flexibility index (Phi) is 4.10. The fourth-order valence-electron chi connectivity index (χ4n) is 3.11. The Morgan fingerprint density at radius 3 is 2.52 bits per heavy atom. The minimum atomic E-state index is 0.489. The zero-order chi connectivity index (χ0) is 17.2. The third-order valence-electron chi connectivity index (χ3n) is 4.20. The molecule has 4 nitrogen and oxygen atoms in total. The second kappa shape index (κ2) is 6.55. The molecule has 4 heteroatoms. The Bertz CT molecular complexity index is 1010. The zero-order valence-corrected chi connectivity index (χ0v) is 14.5. The molecule has 0 aliphatic heterocycles. The van der Waals surface area contributed by atoms with Gasteiger partial charge in [0.25, 0.3) is 6.01 Å². The van der Waals surface area contributed by atoms with Crippen molar-refractivity contribution in [2.24, 2.45) is 5.92 Å². The molecule has 0 fully saturated rings. The molecule has 25 heavy (non-hydrogen) atoms. The summed E-state index contributed by atoms with van der Waals surface area (Å²) in [6.07, 6.45) is 1.84. The van der Waals surface area contributed by atoms with Gasteiger partial charge in [-0.1, -0.05) is 62.4 Å². The zero-order valence-electron chi connectivity index (χ0n) is 14.5. The maximum absolute atomic E-state index is 6.08. The molecule has 0 N–H and O–H groups in total. The molecule has 2 aromatic carbocycles. The standard InChI is InChI=1S/C21H21N3O/c1-15(2)13-24-20-17-10-6-7-11-18(17)22-12-19(20)23-21(24)25-14-16-8-4-3-5-9-16/h3-12,15H,13-14H2,1-2H3. The van der Waals surface area contributed by atoms with Crippen LogP contribution < -0.4 is 4.74 Å². The summed E-state index contributed by atoms with van der Waals surface area (Å²) < 4.78 is 8.27. The summed E-state index contributed by atoms with van der Waals surface area (Å²) in [5.41, 5.74) is 4.09. The number of nitrogens with zero attached hydrogens (tertiary/aromatic N) is 3. The van der Waals surface area contributed by atoms with Crippen LogP contribution in [0.5, 0.6) is 6.01 Å². The lowest BCUT2D eigenvalue weighted by Crippen LogP contribution is -2.08. The lowest BCUT2D eigenvalue weighted by molar-refractivity contribution is 0.264. The molecular formula is C21H21N3O. The highest BCUT2D eigenvalue weighted by atomic mass is 16.5.